The molecule has 0 spiro atoms. The van der Waals surface area contributed by atoms with E-state index in [2.05, 4.69) is 54.5 Å². The van der Waals surface area contributed by atoms with Crippen molar-refractivity contribution in [2.45, 2.75) is 59.3 Å². The van der Waals surface area contributed by atoms with Crippen LogP contribution in [0.4, 0.5) is 0 Å². The van der Waals surface area contributed by atoms with Crippen LogP contribution in [-0.2, 0) is 10.8 Å². The van der Waals surface area contributed by atoms with Gasteiger partial charge in [-0.3, -0.25) is 0 Å². The topological polar surface area (TPSA) is 20.2 Å². The second kappa shape index (κ2) is 5.34. The van der Waals surface area contributed by atoms with Gasteiger partial charge in [0.05, 0.1) is 0 Å². The number of phenolic OH excluding ortho intramolecular Hbond substituents is 1. The van der Waals surface area contributed by atoms with Gasteiger partial charge in [-0.25, -0.2) is 0 Å². The summed E-state index contributed by atoms with van der Waals surface area (Å²) >= 11 is 0. The Bertz CT molecular complexity index is 395. The molecule has 0 saturated heterocycles. The van der Waals surface area contributed by atoms with E-state index in [-0.39, 0.29) is 40.4 Å². The fraction of sp³-hybridized carbons (Fsp3) is 0.600. The first-order valence-corrected chi connectivity index (χ1v) is 5.88. The first kappa shape index (κ1) is 17.0. The van der Waals surface area contributed by atoms with Gasteiger partial charge in [-0.15, -0.1) is 0 Å². The quantitative estimate of drug-likeness (QED) is 0.685. The Kier molecular flexibility index (Phi) is 5.34. The number of aryl methyl sites for hydroxylation is 1. The van der Waals surface area contributed by atoms with Gasteiger partial charge in [0.25, 0.3) is 0 Å². The zero-order chi connectivity index (χ0) is 12.7. The van der Waals surface area contributed by atoms with Gasteiger partial charge in [0, 0.05) is 35.1 Å². The first-order valence-electron chi connectivity index (χ1n) is 5.88. The van der Waals surface area contributed by atoms with Crippen molar-refractivity contribution in [3.63, 3.8) is 0 Å². The van der Waals surface area contributed by atoms with Crippen LogP contribution in [0.2, 0.25) is 0 Å². The van der Waals surface area contributed by atoms with Gasteiger partial charge in [-0.05, 0) is 28.9 Å². The number of hydrogen-bond donors (Lipinski definition) is 1. The molecule has 1 aromatic rings. The second-order valence-electron chi connectivity index (χ2n) is 6.65. The van der Waals surface area contributed by atoms with Crippen molar-refractivity contribution < 1.29 is 5.11 Å². The Morgan fingerprint density at radius 3 is 1.71 bits per heavy atom. The van der Waals surface area contributed by atoms with Crippen LogP contribution in [0.25, 0.3) is 0 Å². The minimum atomic E-state index is -0.0184. The molecule has 1 radical (unpaired) electrons. The molecule has 0 unspecified atom stereocenters. The molecule has 0 aromatic heterocycles. The van der Waals surface area contributed by atoms with Gasteiger partial charge in [0.15, 0.2) is 0 Å². The van der Waals surface area contributed by atoms with Crippen molar-refractivity contribution in [2.75, 3.05) is 0 Å². The average Bonchev–Trinajstić information content (AvgIpc) is 1.97. The predicted molar refractivity (Wildman–Crippen MR) is 76.0 cm³/mol. The van der Waals surface area contributed by atoms with Gasteiger partial charge in [0.1, 0.15) is 5.75 Å². The van der Waals surface area contributed by atoms with Crippen molar-refractivity contribution in [3.8, 4) is 5.75 Å². The molecule has 2 heteroatoms. The molecule has 0 atom stereocenters. The summed E-state index contributed by atoms with van der Waals surface area (Å²) in [5, 5.41) is 10.4. The molecule has 91 valence electrons. The Morgan fingerprint density at radius 2 is 1.35 bits per heavy atom. The summed E-state index contributed by atoms with van der Waals surface area (Å²) in [5.41, 5.74) is 3.23. The molecular weight excluding hydrogens is 219 g/mol. The van der Waals surface area contributed by atoms with Crippen LogP contribution >= 0.6 is 0 Å². The number of rotatable bonds is 0. The number of hydrogen-bond acceptors (Lipinski definition) is 1. The molecule has 0 bridgehead atoms. The van der Waals surface area contributed by atoms with E-state index in [0.717, 1.165) is 16.7 Å². The van der Waals surface area contributed by atoms with Crippen LogP contribution in [0, 0.1) is 6.92 Å². The molecule has 0 saturated carbocycles. The number of aromatic hydroxyl groups is 1. The smallest absolute Gasteiger partial charge is 0.123 e. The molecule has 0 aliphatic carbocycles. The third-order valence-electron chi connectivity index (χ3n) is 2.94. The van der Waals surface area contributed by atoms with Crippen LogP contribution in [0.1, 0.15) is 58.2 Å². The van der Waals surface area contributed by atoms with E-state index in [1.807, 2.05) is 6.07 Å². The van der Waals surface area contributed by atoms with E-state index in [9.17, 15) is 5.11 Å². The molecule has 1 N–H and O–H groups in total. The zero-order valence-electron chi connectivity index (χ0n) is 12.6. The SMILES string of the molecule is Cc1ccc(C(C)(C)C)c(O)c1C(C)(C)C.[Na]. The molecule has 0 fully saturated rings. The van der Waals surface area contributed by atoms with Crippen molar-refractivity contribution in [1.82, 2.24) is 0 Å². The van der Waals surface area contributed by atoms with Gasteiger partial charge in [0.2, 0.25) is 0 Å². The van der Waals surface area contributed by atoms with Crippen LogP contribution in [0.3, 0.4) is 0 Å². The minimum Gasteiger partial charge on any atom is -0.507 e. The van der Waals surface area contributed by atoms with E-state index in [1.165, 1.54) is 0 Å². The molecule has 1 rings (SSSR count). The minimum absolute atomic E-state index is 0. The van der Waals surface area contributed by atoms with Crippen molar-refractivity contribution in [3.05, 3.63) is 28.8 Å². The van der Waals surface area contributed by atoms with E-state index in [0.29, 0.717) is 5.75 Å². The maximum Gasteiger partial charge on any atom is 0.123 e. The van der Waals surface area contributed by atoms with Crippen molar-refractivity contribution in [1.29, 1.82) is 0 Å². The monoisotopic (exact) mass is 243 g/mol. The number of benzene rings is 1. The van der Waals surface area contributed by atoms with E-state index < -0.39 is 0 Å². The summed E-state index contributed by atoms with van der Waals surface area (Å²) in [6.07, 6.45) is 0. The second-order valence-corrected chi connectivity index (χ2v) is 6.65. The standard InChI is InChI=1S/C15H24O.Na/c1-10-8-9-11(14(2,3)4)13(16)12(10)15(5,6)7;/h8-9,16H,1-7H3;. The summed E-state index contributed by atoms with van der Waals surface area (Å²) in [6.45, 7) is 14.9. The molecule has 1 aromatic carbocycles. The van der Waals surface area contributed by atoms with Gasteiger partial charge in [-0.1, -0.05) is 53.7 Å². The van der Waals surface area contributed by atoms with Crippen molar-refractivity contribution in [2.24, 2.45) is 0 Å². The first-order chi connectivity index (χ1) is 7.05. The Morgan fingerprint density at radius 1 is 0.882 bits per heavy atom. The molecule has 0 aliphatic rings. The third kappa shape index (κ3) is 3.74. The maximum atomic E-state index is 10.4. The Labute approximate surface area is 128 Å². The Balaban J connectivity index is 0.00000256. The number of phenols is 1. The molecule has 0 amide bonds. The third-order valence-corrected chi connectivity index (χ3v) is 2.94. The largest absolute Gasteiger partial charge is 0.507 e. The molecule has 17 heavy (non-hydrogen) atoms. The summed E-state index contributed by atoms with van der Waals surface area (Å²) in [5.74, 6) is 0.472. The van der Waals surface area contributed by atoms with Crippen LogP contribution < -0.4 is 0 Å². The molecular formula is C15H24NaO. The fourth-order valence-corrected chi connectivity index (χ4v) is 2.24. The van der Waals surface area contributed by atoms with E-state index in [4.69, 9.17) is 0 Å². The fourth-order valence-electron chi connectivity index (χ4n) is 2.24. The van der Waals surface area contributed by atoms with Crippen molar-refractivity contribution >= 4 is 29.6 Å². The van der Waals surface area contributed by atoms with E-state index >= 15 is 0 Å². The summed E-state index contributed by atoms with van der Waals surface area (Å²) in [4.78, 5) is 0. The Hall–Kier alpha value is 0.0200. The van der Waals surface area contributed by atoms with Gasteiger partial charge >= 0.3 is 0 Å². The van der Waals surface area contributed by atoms with Gasteiger partial charge < -0.3 is 5.11 Å². The zero-order valence-corrected chi connectivity index (χ0v) is 14.6. The van der Waals surface area contributed by atoms with E-state index in [1.54, 1.807) is 0 Å². The summed E-state index contributed by atoms with van der Waals surface area (Å²) in [7, 11) is 0. The summed E-state index contributed by atoms with van der Waals surface area (Å²) in [6, 6.07) is 4.15. The normalized spacial score (nSPS) is 12.2. The summed E-state index contributed by atoms with van der Waals surface area (Å²) < 4.78 is 0. The maximum absolute atomic E-state index is 10.4. The van der Waals surface area contributed by atoms with Crippen LogP contribution in [0.15, 0.2) is 12.1 Å². The average molecular weight is 243 g/mol. The molecule has 1 nitrogen and oxygen atoms in total. The van der Waals surface area contributed by atoms with Crippen LogP contribution in [0.5, 0.6) is 5.75 Å². The van der Waals surface area contributed by atoms with Gasteiger partial charge in [-0.2, -0.15) is 0 Å². The molecule has 0 heterocycles. The molecule has 0 aliphatic heterocycles. The predicted octanol–water partition coefficient (Wildman–Crippen LogP) is 3.91. The van der Waals surface area contributed by atoms with Crippen LogP contribution in [-0.4, -0.2) is 34.7 Å².